The van der Waals surface area contributed by atoms with Crippen molar-refractivity contribution < 1.29 is 17.9 Å². The molecule has 30 heavy (non-hydrogen) atoms. The molecule has 158 valence electrons. The van der Waals surface area contributed by atoms with Crippen molar-refractivity contribution in [2.24, 2.45) is 0 Å². The summed E-state index contributed by atoms with van der Waals surface area (Å²) in [6, 6.07) is 12.0. The Bertz CT molecular complexity index is 1200. The average molecular weight is 446 g/mol. The van der Waals surface area contributed by atoms with Crippen molar-refractivity contribution in [2.75, 3.05) is 18.4 Å². The fraction of sp³-hybridized carbons (Fsp3) is 0.333. The highest BCUT2D eigenvalue weighted by atomic mass is 32.2. The summed E-state index contributed by atoms with van der Waals surface area (Å²) in [6.45, 7) is 6.27. The van der Waals surface area contributed by atoms with Crippen LogP contribution in [0.3, 0.4) is 0 Å². The number of sulfonamides is 1. The smallest absolute Gasteiger partial charge is 0.257 e. The monoisotopic (exact) mass is 445 g/mol. The van der Waals surface area contributed by atoms with Gasteiger partial charge < -0.3 is 4.74 Å². The molecule has 2 unspecified atom stereocenters. The van der Waals surface area contributed by atoms with E-state index in [1.807, 2.05) is 39.0 Å². The van der Waals surface area contributed by atoms with Crippen LogP contribution in [0.2, 0.25) is 0 Å². The van der Waals surface area contributed by atoms with Gasteiger partial charge in [-0.1, -0.05) is 23.5 Å². The quantitative estimate of drug-likeness (QED) is 0.662. The molecule has 0 spiro atoms. The van der Waals surface area contributed by atoms with Crippen molar-refractivity contribution in [1.82, 2.24) is 9.29 Å². The highest BCUT2D eigenvalue weighted by Crippen LogP contribution is 2.27. The molecule has 2 atom stereocenters. The van der Waals surface area contributed by atoms with Crippen LogP contribution in [0.1, 0.15) is 29.8 Å². The predicted molar refractivity (Wildman–Crippen MR) is 118 cm³/mol. The Balaban J connectivity index is 1.56. The Morgan fingerprint density at radius 3 is 2.63 bits per heavy atom. The van der Waals surface area contributed by atoms with Crippen LogP contribution in [0.5, 0.6) is 0 Å². The summed E-state index contributed by atoms with van der Waals surface area (Å²) in [5.74, 6) is -0.397. The molecule has 0 radical (unpaired) electrons. The van der Waals surface area contributed by atoms with E-state index in [0.29, 0.717) is 5.13 Å². The Morgan fingerprint density at radius 2 is 1.90 bits per heavy atom. The van der Waals surface area contributed by atoms with E-state index in [1.165, 1.54) is 27.8 Å². The van der Waals surface area contributed by atoms with Gasteiger partial charge in [0.25, 0.3) is 5.91 Å². The molecular formula is C21H23N3O4S2. The van der Waals surface area contributed by atoms with E-state index in [-0.39, 0.29) is 35.8 Å². The third kappa shape index (κ3) is 4.24. The molecular weight excluding hydrogens is 422 g/mol. The minimum Gasteiger partial charge on any atom is -0.373 e. The highest BCUT2D eigenvalue weighted by molar-refractivity contribution is 7.89. The molecule has 1 fully saturated rings. The van der Waals surface area contributed by atoms with Crippen molar-refractivity contribution in [2.45, 2.75) is 37.9 Å². The molecule has 1 N–H and O–H groups in total. The Morgan fingerprint density at radius 1 is 1.17 bits per heavy atom. The van der Waals surface area contributed by atoms with Crippen LogP contribution in [-0.2, 0) is 14.8 Å². The van der Waals surface area contributed by atoms with Crippen LogP contribution in [0.4, 0.5) is 5.13 Å². The predicted octanol–water partition coefficient (Wildman–Crippen LogP) is 3.65. The minimum absolute atomic E-state index is 0.0939. The number of anilines is 1. The molecule has 2 aromatic carbocycles. The second-order valence-corrected chi connectivity index (χ2v) is 10.5. The van der Waals surface area contributed by atoms with Crippen LogP contribution in [0.15, 0.2) is 47.4 Å². The van der Waals surface area contributed by atoms with Crippen LogP contribution in [-0.4, -0.2) is 48.9 Å². The van der Waals surface area contributed by atoms with Crippen molar-refractivity contribution >= 4 is 42.6 Å². The van der Waals surface area contributed by atoms with Gasteiger partial charge in [0.15, 0.2) is 5.13 Å². The zero-order valence-corrected chi connectivity index (χ0v) is 18.6. The first-order chi connectivity index (χ1) is 14.2. The van der Waals surface area contributed by atoms with Crippen molar-refractivity contribution in [3.8, 4) is 0 Å². The lowest BCUT2D eigenvalue weighted by molar-refractivity contribution is -0.0440. The summed E-state index contributed by atoms with van der Waals surface area (Å²) in [5, 5.41) is 3.26. The van der Waals surface area contributed by atoms with Gasteiger partial charge >= 0.3 is 0 Å². The number of aromatic nitrogens is 1. The topological polar surface area (TPSA) is 88.6 Å². The molecule has 2 heterocycles. The third-order valence-electron chi connectivity index (χ3n) is 4.88. The number of carbonyl (C=O) groups is 1. The van der Waals surface area contributed by atoms with Crippen molar-refractivity contribution in [3.05, 3.63) is 53.6 Å². The largest absolute Gasteiger partial charge is 0.373 e. The summed E-state index contributed by atoms with van der Waals surface area (Å²) in [5.41, 5.74) is 2.20. The number of fused-ring (bicyclic) bond motifs is 1. The highest BCUT2D eigenvalue weighted by Gasteiger charge is 2.32. The van der Waals surface area contributed by atoms with Crippen molar-refractivity contribution in [1.29, 1.82) is 0 Å². The molecule has 0 saturated carbocycles. The summed E-state index contributed by atoms with van der Waals surface area (Å²) in [4.78, 5) is 17.3. The normalized spacial score (nSPS) is 20.4. The Kier molecular flexibility index (Phi) is 5.63. The number of carbonyl (C=O) groups excluding carboxylic acids is 1. The number of nitrogens with one attached hydrogen (secondary N) is 1. The molecule has 1 aliphatic heterocycles. The molecule has 0 aliphatic carbocycles. The number of benzene rings is 2. The maximum absolute atomic E-state index is 13.1. The lowest BCUT2D eigenvalue weighted by Crippen LogP contribution is -2.48. The molecule has 9 heteroatoms. The molecule has 0 bridgehead atoms. The van der Waals surface area contributed by atoms with E-state index in [1.54, 1.807) is 12.1 Å². The first kappa shape index (κ1) is 20.9. The number of ether oxygens (including phenoxy) is 1. The molecule has 1 amide bonds. The molecule has 1 aromatic heterocycles. The Hall–Kier alpha value is -2.33. The Labute approximate surface area is 179 Å². The summed E-state index contributed by atoms with van der Waals surface area (Å²) in [7, 11) is -3.72. The maximum Gasteiger partial charge on any atom is 0.257 e. The van der Waals surface area contributed by atoms with Gasteiger partial charge in [-0.25, -0.2) is 13.4 Å². The van der Waals surface area contributed by atoms with Gasteiger partial charge in [-0.05, 0) is 56.7 Å². The third-order valence-corrected chi connectivity index (χ3v) is 7.65. The van der Waals surface area contributed by atoms with Crippen LogP contribution in [0.25, 0.3) is 10.2 Å². The fourth-order valence-electron chi connectivity index (χ4n) is 3.53. The summed E-state index contributed by atoms with van der Waals surface area (Å²) in [6.07, 6.45) is -0.365. The van der Waals surface area contributed by atoms with Crippen molar-refractivity contribution in [3.63, 3.8) is 0 Å². The number of hydrogen-bond acceptors (Lipinski definition) is 6. The lowest BCUT2D eigenvalue weighted by atomic mass is 10.2. The maximum atomic E-state index is 13.1. The first-order valence-corrected chi connectivity index (χ1v) is 11.9. The lowest BCUT2D eigenvalue weighted by Gasteiger charge is -2.34. The number of aryl methyl sites for hydroxylation is 1. The second-order valence-electron chi connectivity index (χ2n) is 7.55. The van der Waals surface area contributed by atoms with Crippen LogP contribution in [0, 0.1) is 6.92 Å². The minimum atomic E-state index is -3.72. The number of thiazole rings is 1. The first-order valence-electron chi connectivity index (χ1n) is 9.66. The van der Waals surface area contributed by atoms with E-state index in [4.69, 9.17) is 4.74 Å². The van der Waals surface area contributed by atoms with Gasteiger partial charge in [-0.2, -0.15) is 4.31 Å². The fourth-order valence-corrected chi connectivity index (χ4v) is 6.12. The number of hydrogen-bond donors (Lipinski definition) is 1. The van der Waals surface area contributed by atoms with Gasteiger partial charge in [0.2, 0.25) is 10.0 Å². The molecule has 1 saturated heterocycles. The zero-order chi connectivity index (χ0) is 21.5. The number of nitrogens with zero attached hydrogens (tertiary/aromatic N) is 2. The molecule has 1 aliphatic rings. The van der Waals surface area contributed by atoms with Crippen LogP contribution >= 0.6 is 11.3 Å². The summed E-state index contributed by atoms with van der Waals surface area (Å²) >= 11 is 1.38. The SMILES string of the molecule is Cc1ccc2nc(NC(=O)c3cccc(S(=O)(=O)N4CC(C)OC(C)C4)c3)sc2c1. The number of amides is 1. The van der Waals surface area contributed by atoms with Gasteiger partial charge in [-0.3, -0.25) is 10.1 Å². The number of rotatable bonds is 4. The van der Waals surface area contributed by atoms with Crippen LogP contribution < -0.4 is 5.32 Å². The van der Waals surface area contributed by atoms with E-state index in [9.17, 15) is 13.2 Å². The average Bonchev–Trinajstić information content (AvgIpc) is 3.08. The second kappa shape index (κ2) is 8.07. The van der Waals surface area contributed by atoms with E-state index in [2.05, 4.69) is 10.3 Å². The molecule has 4 rings (SSSR count). The van der Waals surface area contributed by atoms with E-state index < -0.39 is 15.9 Å². The zero-order valence-electron chi connectivity index (χ0n) is 17.0. The van der Waals surface area contributed by atoms with E-state index >= 15 is 0 Å². The standard InChI is InChI=1S/C21H23N3O4S2/c1-13-7-8-18-19(9-13)29-21(22-18)23-20(25)16-5-4-6-17(10-16)30(26,27)24-11-14(2)28-15(3)12-24/h4-10,14-15H,11-12H2,1-3H3,(H,22,23,25). The van der Waals surface area contributed by atoms with Gasteiger partial charge in [-0.15, -0.1) is 0 Å². The van der Waals surface area contributed by atoms with Gasteiger partial charge in [0.1, 0.15) is 0 Å². The van der Waals surface area contributed by atoms with Gasteiger partial charge in [0, 0.05) is 18.7 Å². The molecule has 3 aromatic rings. The van der Waals surface area contributed by atoms with E-state index in [0.717, 1.165) is 15.8 Å². The summed E-state index contributed by atoms with van der Waals surface area (Å²) < 4.78 is 34.2. The van der Waals surface area contributed by atoms with Gasteiger partial charge in [0.05, 0.1) is 27.3 Å². The molecule has 7 nitrogen and oxygen atoms in total. The number of morpholine rings is 1.